The minimum Gasteiger partial charge on any atom is -0.456 e. The van der Waals surface area contributed by atoms with Crippen LogP contribution in [-0.4, -0.2) is 23.6 Å². The van der Waals surface area contributed by atoms with E-state index in [-0.39, 0.29) is 61.4 Å². The Morgan fingerprint density at radius 1 is 0.833 bits per heavy atom. The zero-order valence-electron chi connectivity index (χ0n) is 21.5. The Kier molecular flexibility index (Phi) is 10.6. The van der Waals surface area contributed by atoms with Gasteiger partial charge in [-0.3, -0.25) is 0 Å². The van der Waals surface area contributed by atoms with E-state index in [9.17, 15) is 31.4 Å². The predicted molar refractivity (Wildman–Crippen MR) is 154 cm³/mol. The van der Waals surface area contributed by atoms with Crippen molar-refractivity contribution in [1.82, 2.24) is 0 Å². The highest BCUT2D eigenvalue weighted by atomic mass is 35.5. The van der Waals surface area contributed by atoms with Crippen LogP contribution in [-0.2, 0) is 6.54 Å². The van der Waals surface area contributed by atoms with Crippen molar-refractivity contribution < 1.29 is 36.2 Å². The fraction of sp³-hybridized carbons (Fsp3) is 0.200. The Bertz CT molecular complexity index is 1510. The van der Waals surface area contributed by atoms with E-state index in [1.165, 1.54) is 47.4 Å². The Labute approximate surface area is 252 Å². The maximum atomic E-state index is 14.7. The van der Waals surface area contributed by atoms with Crippen LogP contribution in [0.2, 0.25) is 10.0 Å². The van der Waals surface area contributed by atoms with Gasteiger partial charge in [-0.05, 0) is 58.8 Å². The monoisotopic (exact) mass is 645 g/mol. The standard InChI is InChI=1S/C30H23Cl2F6NO2S/c31-23-12-6-13-25(27(23)32)41-20-9-5-8-19(15-20)39(16-18-7-1-4-14-26(18)42-30(36,37)38)24(17-40)21-10-2-3-11-22(21)28(33)29(34)35/h1-15,24,28-29,40H,16-17H2. The quantitative estimate of drug-likeness (QED) is 0.130. The molecule has 3 nitrogen and oxygen atoms in total. The lowest BCUT2D eigenvalue weighted by atomic mass is 9.95. The first-order chi connectivity index (χ1) is 20.0. The summed E-state index contributed by atoms with van der Waals surface area (Å²) in [5.74, 6) is 0.501. The lowest BCUT2D eigenvalue weighted by molar-refractivity contribution is -0.0328. The van der Waals surface area contributed by atoms with Gasteiger partial charge in [0.2, 0.25) is 0 Å². The molecule has 0 spiro atoms. The van der Waals surface area contributed by atoms with Crippen molar-refractivity contribution in [2.24, 2.45) is 0 Å². The number of nitrogens with zero attached hydrogens (tertiary/aromatic N) is 1. The maximum absolute atomic E-state index is 14.7. The van der Waals surface area contributed by atoms with Crippen molar-refractivity contribution in [3.05, 3.63) is 118 Å². The molecule has 0 amide bonds. The Morgan fingerprint density at radius 2 is 1.50 bits per heavy atom. The molecule has 0 radical (unpaired) electrons. The summed E-state index contributed by atoms with van der Waals surface area (Å²) < 4.78 is 87.7. The average Bonchev–Trinajstić information content (AvgIpc) is 2.95. The summed E-state index contributed by atoms with van der Waals surface area (Å²) >= 11 is 12.0. The second-order valence-electron chi connectivity index (χ2n) is 9.00. The number of alkyl halides is 6. The Hall–Kier alpha value is -3.05. The van der Waals surface area contributed by atoms with E-state index in [0.29, 0.717) is 5.69 Å². The highest BCUT2D eigenvalue weighted by Gasteiger charge is 2.33. The van der Waals surface area contributed by atoms with Crippen LogP contribution in [0.25, 0.3) is 0 Å². The number of rotatable bonds is 11. The number of aliphatic hydroxyl groups is 1. The SMILES string of the molecule is OCC(c1ccccc1C(F)C(F)F)N(Cc1ccccc1SC(F)(F)F)c1cccc(Oc2cccc(Cl)c2Cl)c1. The van der Waals surface area contributed by atoms with Gasteiger partial charge in [-0.2, -0.15) is 13.2 Å². The van der Waals surface area contributed by atoms with Crippen LogP contribution in [0.15, 0.2) is 95.9 Å². The van der Waals surface area contributed by atoms with Crippen molar-refractivity contribution in [3.8, 4) is 11.5 Å². The zero-order chi connectivity index (χ0) is 30.4. The molecule has 0 heterocycles. The Morgan fingerprint density at radius 3 is 2.19 bits per heavy atom. The van der Waals surface area contributed by atoms with Crippen LogP contribution in [0, 0.1) is 0 Å². The molecule has 2 atom stereocenters. The lowest BCUT2D eigenvalue weighted by Crippen LogP contribution is -2.32. The number of ether oxygens (including phenoxy) is 1. The first-order valence-electron chi connectivity index (χ1n) is 12.4. The van der Waals surface area contributed by atoms with Crippen molar-refractivity contribution in [2.75, 3.05) is 11.5 Å². The van der Waals surface area contributed by atoms with Gasteiger partial charge in [0.05, 0.1) is 17.7 Å². The van der Waals surface area contributed by atoms with Crippen LogP contribution in [0.5, 0.6) is 11.5 Å². The second kappa shape index (κ2) is 13.9. The van der Waals surface area contributed by atoms with E-state index < -0.39 is 30.8 Å². The molecule has 12 heteroatoms. The molecule has 0 aliphatic rings. The summed E-state index contributed by atoms with van der Waals surface area (Å²) in [7, 11) is 0. The Balaban J connectivity index is 1.83. The fourth-order valence-corrected chi connectivity index (χ4v) is 5.40. The molecule has 0 aromatic heterocycles. The molecule has 2 unspecified atom stereocenters. The van der Waals surface area contributed by atoms with Crippen LogP contribution in [0.3, 0.4) is 0 Å². The molecule has 222 valence electrons. The van der Waals surface area contributed by atoms with E-state index >= 15 is 0 Å². The van der Waals surface area contributed by atoms with Gasteiger partial charge >= 0.3 is 5.51 Å². The molecule has 0 aliphatic heterocycles. The number of aliphatic hydroxyl groups excluding tert-OH is 1. The number of hydrogen-bond acceptors (Lipinski definition) is 4. The van der Waals surface area contributed by atoms with Crippen molar-refractivity contribution in [2.45, 2.75) is 35.6 Å². The summed E-state index contributed by atoms with van der Waals surface area (Å²) in [6, 6.07) is 21.3. The highest BCUT2D eigenvalue weighted by Crippen LogP contribution is 2.42. The highest BCUT2D eigenvalue weighted by molar-refractivity contribution is 8.00. The van der Waals surface area contributed by atoms with Crippen LogP contribution in [0.1, 0.15) is 28.9 Å². The molecule has 0 aliphatic carbocycles. The minimum atomic E-state index is -4.58. The topological polar surface area (TPSA) is 32.7 Å². The fourth-order valence-electron chi connectivity index (χ4n) is 4.41. The summed E-state index contributed by atoms with van der Waals surface area (Å²) in [4.78, 5) is 1.42. The summed E-state index contributed by atoms with van der Waals surface area (Å²) in [5, 5.41) is 11.0. The minimum absolute atomic E-state index is 0.0537. The van der Waals surface area contributed by atoms with Gasteiger partial charge in [0.25, 0.3) is 6.43 Å². The van der Waals surface area contributed by atoms with Gasteiger partial charge in [-0.1, -0.05) is 77.8 Å². The van der Waals surface area contributed by atoms with Crippen molar-refractivity contribution in [1.29, 1.82) is 0 Å². The third kappa shape index (κ3) is 7.86. The van der Waals surface area contributed by atoms with Gasteiger partial charge in [0, 0.05) is 23.2 Å². The smallest absolute Gasteiger partial charge is 0.446 e. The first kappa shape index (κ1) is 31.9. The van der Waals surface area contributed by atoms with Crippen molar-refractivity contribution >= 4 is 40.7 Å². The number of halogens is 8. The second-order valence-corrected chi connectivity index (χ2v) is 10.9. The molecule has 4 aromatic rings. The summed E-state index contributed by atoms with van der Waals surface area (Å²) in [6.07, 6.45) is -5.98. The third-order valence-corrected chi connectivity index (χ3v) is 7.91. The van der Waals surface area contributed by atoms with Gasteiger partial charge in [0.15, 0.2) is 6.17 Å². The first-order valence-corrected chi connectivity index (χ1v) is 14.0. The number of thioether (sulfide) groups is 1. The molecular formula is C30H23Cl2F6NO2S. The average molecular weight is 646 g/mol. The molecule has 42 heavy (non-hydrogen) atoms. The number of anilines is 1. The molecule has 1 N–H and O–H groups in total. The zero-order valence-corrected chi connectivity index (χ0v) is 23.9. The van der Waals surface area contributed by atoms with E-state index in [0.717, 1.165) is 0 Å². The molecule has 0 saturated carbocycles. The molecule has 0 bridgehead atoms. The van der Waals surface area contributed by atoms with E-state index in [1.54, 1.807) is 48.5 Å². The molecule has 4 rings (SSSR count). The summed E-state index contributed by atoms with van der Waals surface area (Å²) in [6.45, 7) is -0.876. The van der Waals surface area contributed by atoms with E-state index in [4.69, 9.17) is 27.9 Å². The molecule has 0 saturated heterocycles. The van der Waals surface area contributed by atoms with E-state index in [1.807, 2.05) is 0 Å². The van der Waals surface area contributed by atoms with Crippen LogP contribution >= 0.6 is 35.0 Å². The lowest BCUT2D eigenvalue weighted by Gasteiger charge is -2.35. The van der Waals surface area contributed by atoms with Gasteiger partial charge in [-0.25, -0.2) is 13.2 Å². The van der Waals surface area contributed by atoms with Gasteiger partial charge in [0.1, 0.15) is 16.5 Å². The van der Waals surface area contributed by atoms with Crippen LogP contribution in [0.4, 0.5) is 32.0 Å². The molecule has 4 aromatic carbocycles. The number of benzene rings is 4. The predicted octanol–water partition coefficient (Wildman–Crippen LogP) is 10.4. The normalized spacial score (nSPS) is 13.2. The van der Waals surface area contributed by atoms with Crippen molar-refractivity contribution in [3.63, 3.8) is 0 Å². The number of hydrogen-bond donors (Lipinski definition) is 1. The summed E-state index contributed by atoms with van der Waals surface area (Å²) in [5.41, 5.74) is -4.28. The largest absolute Gasteiger partial charge is 0.456 e. The van der Waals surface area contributed by atoms with Crippen LogP contribution < -0.4 is 9.64 Å². The van der Waals surface area contributed by atoms with Gasteiger partial charge in [-0.15, -0.1) is 0 Å². The van der Waals surface area contributed by atoms with E-state index in [2.05, 4.69) is 0 Å². The third-order valence-electron chi connectivity index (χ3n) is 6.25. The maximum Gasteiger partial charge on any atom is 0.446 e. The molecular weight excluding hydrogens is 623 g/mol. The molecule has 0 fully saturated rings. The van der Waals surface area contributed by atoms with Gasteiger partial charge < -0.3 is 14.7 Å².